The Morgan fingerprint density at radius 2 is 1.95 bits per heavy atom. The second kappa shape index (κ2) is 15.5. The second-order valence-electron chi connectivity index (χ2n) is 11.2. The molecule has 2 aromatic rings. The molecule has 1 aliphatic rings. The van der Waals surface area contributed by atoms with Crippen molar-refractivity contribution in [2.45, 2.75) is 84.2 Å². The number of aromatic nitrogens is 2. The van der Waals surface area contributed by atoms with E-state index in [0.29, 0.717) is 38.9 Å². The Labute approximate surface area is 248 Å². The highest BCUT2D eigenvalue weighted by molar-refractivity contribution is 5.82. The molecule has 1 amide bonds. The number of unbranched alkanes of at least 4 members (excludes halogenated alkanes) is 2. The van der Waals surface area contributed by atoms with Crippen LogP contribution in [0.4, 0.5) is 11.8 Å². The molecule has 0 saturated carbocycles. The Balaban J connectivity index is 1.77. The monoisotopic (exact) mass is 582 g/mol. The molecule has 0 unspecified atom stereocenters. The van der Waals surface area contributed by atoms with E-state index < -0.39 is 11.5 Å². The molecule has 3 rings (SSSR count). The third-order valence-corrected chi connectivity index (χ3v) is 8.03. The molecule has 1 aromatic heterocycles. The molecule has 0 bridgehead atoms. The van der Waals surface area contributed by atoms with Crippen LogP contribution >= 0.6 is 0 Å². The summed E-state index contributed by atoms with van der Waals surface area (Å²) < 4.78 is 4.80. The highest BCUT2D eigenvalue weighted by Gasteiger charge is 2.44. The van der Waals surface area contributed by atoms with Crippen LogP contribution in [0.2, 0.25) is 0 Å². The van der Waals surface area contributed by atoms with Crippen LogP contribution in [0.25, 0.3) is 0 Å². The number of aliphatic carboxylic acids is 1. The molecule has 1 aromatic carbocycles. The van der Waals surface area contributed by atoms with Crippen molar-refractivity contribution in [3.63, 3.8) is 0 Å². The molecule has 11 nitrogen and oxygen atoms in total. The van der Waals surface area contributed by atoms with Gasteiger partial charge in [0.2, 0.25) is 11.9 Å². The summed E-state index contributed by atoms with van der Waals surface area (Å²) in [5, 5.41) is 13.3. The normalized spacial score (nSPS) is 16.8. The zero-order chi connectivity index (χ0) is 30.7. The summed E-state index contributed by atoms with van der Waals surface area (Å²) in [7, 11) is 1.36. The van der Waals surface area contributed by atoms with Crippen molar-refractivity contribution in [3.8, 4) is 0 Å². The second-order valence-corrected chi connectivity index (χ2v) is 11.2. The molecular formula is C31H46N6O5. The van der Waals surface area contributed by atoms with Gasteiger partial charge in [-0.15, -0.1) is 0 Å². The van der Waals surface area contributed by atoms with E-state index in [1.807, 2.05) is 31.2 Å². The summed E-state index contributed by atoms with van der Waals surface area (Å²) in [6.45, 7) is 7.94. The quantitative estimate of drug-likeness (QED) is 0.198. The number of ether oxygens (including phenoxy) is 1. The Kier molecular flexibility index (Phi) is 12.1. The lowest BCUT2D eigenvalue weighted by atomic mass is 9.99. The number of aryl methyl sites for hydroxylation is 1. The first-order valence-electron chi connectivity index (χ1n) is 14.8. The van der Waals surface area contributed by atoms with Crippen molar-refractivity contribution in [1.82, 2.24) is 19.8 Å². The molecule has 42 heavy (non-hydrogen) atoms. The van der Waals surface area contributed by atoms with E-state index in [9.17, 15) is 19.5 Å². The highest BCUT2D eigenvalue weighted by atomic mass is 16.5. The summed E-state index contributed by atoms with van der Waals surface area (Å²) >= 11 is 0. The average molecular weight is 583 g/mol. The van der Waals surface area contributed by atoms with Crippen LogP contribution in [-0.4, -0.2) is 81.5 Å². The van der Waals surface area contributed by atoms with E-state index in [-0.39, 0.29) is 30.8 Å². The maximum atomic E-state index is 13.7. The van der Waals surface area contributed by atoms with Gasteiger partial charge in [0, 0.05) is 30.9 Å². The van der Waals surface area contributed by atoms with Crippen LogP contribution in [0.3, 0.4) is 0 Å². The summed E-state index contributed by atoms with van der Waals surface area (Å²) in [5.74, 6) is -0.412. The van der Waals surface area contributed by atoms with Crippen molar-refractivity contribution < 1.29 is 24.2 Å². The smallest absolute Gasteiger partial charge is 0.323 e. The van der Waals surface area contributed by atoms with Gasteiger partial charge in [-0.05, 0) is 63.6 Å². The maximum absolute atomic E-state index is 13.7. The highest BCUT2D eigenvalue weighted by Crippen LogP contribution is 2.29. The number of esters is 1. The van der Waals surface area contributed by atoms with Crippen molar-refractivity contribution >= 4 is 29.6 Å². The van der Waals surface area contributed by atoms with Gasteiger partial charge in [-0.1, -0.05) is 44.0 Å². The number of methoxy groups -OCH3 is 1. The van der Waals surface area contributed by atoms with Crippen LogP contribution in [0.5, 0.6) is 0 Å². The minimum atomic E-state index is -1.06. The number of nitrogens with zero attached hydrogens (tertiary/aromatic N) is 4. The lowest BCUT2D eigenvalue weighted by Gasteiger charge is -2.33. The molecule has 0 aliphatic carbocycles. The van der Waals surface area contributed by atoms with Crippen LogP contribution in [-0.2, 0) is 38.5 Å². The predicted molar refractivity (Wildman–Crippen MR) is 162 cm³/mol. The first-order chi connectivity index (χ1) is 20.1. The van der Waals surface area contributed by atoms with Crippen molar-refractivity contribution in [3.05, 3.63) is 46.6 Å². The van der Waals surface area contributed by atoms with Crippen LogP contribution in [0.1, 0.15) is 74.8 Å². The van der Waals surface area contributed by atoms with Gasteiger partial charge in [-0.25, -0.2) is 4.98 Å². The first-order valence-corrected chi connectivity index (χ1v) is 14.8. The Morgan fingerprint density at radius 3 is 2.67 bits per heavy atom. The molecule has 0 spiro atoms. The molecule has 1 aliphatic heterocycles. The largest absolute Gasteiger partial charge is 0.480 e. The van der Waals surface area contributed by atoms with Crippen LogP contribution < -0.4 is 11.1 Å². The van der Waals surface area contributed by atoms with E-state index in [2.05, 4.69) is 22.2 Å². The summed E-state index contributed by atoms with van der Waals surface area (Å²) in [6.07, 6.45) is 5.96. The van der Waals surface area contributed by atoms with Gasteiger partial charge < -0.3 is 25.8 Å². The number of rotatable bonds is 16. The number of hydrogen-bond acceptors (Lipinski definition) is 9. The van der Waals surface area contributed by atoms with Crippen LogP contribution in [0.15, 0.2) is 24.3 Å². The zero-order valence-electron chi connectivity index (χ0n) is 25.4. The number of carbonyl (C=O) groups excluding carboxylic acids is 2. The van der Waals surface area contributed by atoms with Crippen LogP contribution in [0, 0.1) is 6.92 Å². The maximum Gasteiger partial charge on any atom is 0.323 e. The molecule has 1 fully saturated rings. The van der Waals surface area contributed by atoms with Gasteiger partial charge >= 0.3 is 11.9 Å². The molecule has 11 heteroatoms. The number of carbonyl (C=O) groups is 3. The third kappa shape index (κ3) is 8.88. The van der Waals surface area contributed by atoms with E-state index in [1.165, 1.54) is 7.11 Å². The van der Waals surface area contributed by atoms with Crippen molar-refractivity contribution in [2.24, 2.45) is 0 Å². The van der Waals surface area contributed by atoms with E-state index in [4.69, 9.17) is 10.5 Å². The van der Waals surface area contributed by atoms with Gasteiger partial charge in [0.05, 0.1) is 20.1 Å². The average Bonchev–Trinajstić information content (AvgIpc) is 3.32. The minimum Gasteiger partial charge on any atom is -0.480 e. The molecular weight excluding hydrogens is 536 g/mol. The van der Waals surface area contributed by atoms with E-state index in [1.54, 1.807) is 16.7 Å². The van der Waals surface area contributed by atoms with E-state index in [0.717, 1.165) is 60.4 Å². The summed E-state index contributed by atoms with van der Waals surface area (Å²) in [4.78, 5) is 49.9. The van der Waals surface area contributed by atoms with Crippen molar-refractivity contribution in [1.29, 1.82) is 0 Å². The zero-order valence-corrected chi connectivity index (χ0v) is 25.4. The fourth-order valence-corrected chi connectivity index (χ4v) is 5.46. The molecule has 4 N–H and O–H groups in total. The minimum absolute atomic E-state index is 0.0267. The number of nitrogen functional groups attached to an aromatic ring is 1. The Morgan fingerprint density at radius 1 is 1.19 bits per heavy atom. The Bertz CT molecular complexity index is 1240. The van der Waals surface area contributed by atoms with Gasteiger partial charge in [-0.2, -0.15) is 4.98 Å². The number of hydrogen-bond donors (Lipinski definition) is 3. The first kappa shape index (κ1) is 32.8. The fourth-order valence-electron chi connectivity index (χ4n) is 5.46. The number of amides is 1. The number of anilines is 2. The van der Waals surface area contributed by atoms with Gasteiger partial charge in [0.15, 0.2) is 0 Å². The fraction of sp³-hybridized carbons (Fsp3) is 0.581. The number of benzene rings is 1. The molecule has 0 radical (unpaired) electrons. The molecule has 1 atom stereocenters. The Hall–Kier alpha value is -3.73. The summed E-state index contributed by atoms with van der Waals surface area (Å²) in [5.41, 5.74) is 8.36. The lowest BCUT2D eigenvalue weighted by molar-refractivity contribution is -0.150. The van der Waals surface area contributed by atoms with E-state index >= 15 is 0 Å². The summed E-state index contributed by atoms with van der Waals surface area (Å²) in [6, 6.07) is 7.55. The van der Waals surface area contributed by atoms with Gasteiger partial charge in [-0.3, -0.25) is 19.3 Å². The lowest BCUT2D eigenvalue weighted by Crippen LogP contribution is -2.52. The molecule has 2 heterocycles. The number of likely N-dealkylation sites (tertiary alicyclic amines) is 1. The predicted octanol–water partition coefficient (Wildman–Crippen LogP) is 3.59. The standard InChI is InChI=1S/C31H46N6O5/c1-5-6-7-15-33-28-25(22(2)34-30(32)35-28)13-9-16-36(20-24-12-8-11-23(18-24)19-27(39)42-4)26(38)21-37-17-10-14-31(37,3)29(40)41/h8,11-12,18H,5-7,9-10,13-17,19-21H2,1-4H3,(H,40,41)(H3,32,33,34,35)/t31-/m0/s1. The molecule has 230 valence electrons. The number of carboxylic acid groups (broad SMARTS) is 1. The van der Waals surface area contributed by atoms with Gasteiger partial charge in [0.1, 0.15) is 11.4 Å². The number of nitrogens with two attached hydrogens (primary N) is 1. The third-order valence-electron chi connectivity index (χ3n) is 8.03. The van der Waals surface area contributed by atoms with Crippen molar-refractivity contribution in [2.75, 3.05) is 44.3 Å². The number of nitrogens with one attached hydrogen (secondary N) is 1. The molecule has 1 saturated heterocycles. The van der Waals surface area contributed by atoms with Gasteiger partial charge in [0.25, 0.3) is 0 Å². The topological polar surface area (TPSA) is 151 Å². The SMILES string of the molecule is CCCCCNc1nc(N)nc(C)c1CCCN(Cc1cccc(CC(=O)OC)c1)C(=O)CN1CCC[C@@]1(C)C(=O)O. The number of carboxylic acids is 1.